The van der Waals surface area contributed by atoms with Crippen LogP contribution in [0.4, 0.5) is 4.79 Å². The third-order valence-electron chi connectivity index (χ3n) is 4.67. The SMILES string of the molecule is C[C@H](NC(=O)OC(C)(C)C)c1cccc(B2OC(C)(C)C(C)(C)O2)c1. The molecule has 1 saturated heterocycles. The molecule has 1 atom stereocenters. The van der Waals surface area contributed by atoms with Gasteiger partial charge in [-0.1, -0.05) is 24.3 Å². The summed E-state index contributed by atoms with van der Waals surface area (Å²) in [5, 5.41) is 2.86. The Balaban J connectivity index is 2.10. The van der Waals surface area contributed by atoms with Gasteiger partial charge in [0.15, 0.2) is 0 Å². The fourth-order valence-corrected chi connectivity index (χ4v) is 2.52. The van der Waals surface area contributed by atoms with E-state index in [1.54, 1.807) is 0 Å². The van der Waals surface area contributed by atoms with Crippen molar-refractivity contribution in [2.75, 3.05) is 0 Å². The zero-order chi connectivity index (χ0) is 19.0. The first-order valence-corrected chi connectivity index (χ1v) is 8.76. The van der Waals surface area contributed by atoms with Gasteiger partial charge in [-0.05, 0) is 66.4 Å². The van der Waals surface area contributed by atoms with Gasteiger partial charge in [0.05, 0.1) is 17.2 Å². The van der Waals surface area contributed by atoms with Crippen molar-refractivity contribution in [3.05, 3.63) is 29.8 Å². The molecule has 0 unspecified atom stereocenters. The fraction of sp³-hybridized carbons (Fsp3) is 0.632. The predicted molar refractivity (Wildman–Crippen MR) is 99.9 cm³/mol. The summed E-state index contributed by atoms with van der Waals surface area (Å²) < 4.78 is 17.5. The molecule has 1 fully saturated rings. The molecule has 1 amide bonds. The monoisotopic (exact) mass is 347 g/mol. The Hall–Kier alpha value is -1.53. The quantitative estimate of drug-likeness (QED) is 0.850. The molecule has 25 heavy (non-hydrogen) atoms. The largest absolute Gasteiger partial charge is 0.494 e. The fourth-order valence-electron chi connectivity index (χ4n) is 2.52. The summed E-state index contributed by atoms with van der Waals surface area (Å²) in [6.45, 7) is 15.6. The minimum Gasteiger partial charge on any atom is -0.444 e. The first-order chi connectivity index (χ1) is 11.3. The van der Waals surface area contributed by atoms with E-state index in [1.165, 1.54) is 0 Å². The van der Waals surface area contributed by atoms with E-state index in [-0.39, 0.29) is 17.2 Å². The van der Waals surface area contributed by atoms with E-state index < -0.39 is 18.8 Å². The van der Waals surface area contributed by atoms with Gasteiger partial charge in [0, 0.05) is 0 Å². The first-order valence-electron chi connectivity index (χ1n) is 8.76. The maximum absolute atomic E-state index is 12.0. The normalized spacial score (nSPS) is 20.2. The van der Waals surface area contributed by atoms with Gasteiger partial charge in [-0.25, -0.2) is 4.79 Å². The van der Waals surface area contributed by atoms with Crippen LogP contribution in [-0.4, -0.2) is 30.0 Å². The van der Waals surface area contributed by atoms with E-state index in [0.29, 0.717) is 0 Å². The van der Waals surface area contributed by atoms with Crippen molar-refractivity contribution in [3.63, 3.8) is 0 Å². The molecule has 6 heteroatoms. The highest BCUT2D eigenvalue weighted by atomic mass is 16.7. The first kappa shape index (κ1) is 19.8. The molecule has 0 saturated carbocycles. The molecule has 0 spiro atoms. The van der Waals surface area contributed by atoms with E-state index in [9.17, 15) is 4.79 Å². The second kappa shape index (κ2) is 6.65. The minimum atomic E-state index is -0.519. The Morgan fingerprint density at radius 2 is 1.72 bits per heavy atom. The minimum absolute atomic E-state index is 0.183. The van der Waals surface area contributed by atoms with Crippen LogP contribution in [0, 0.1) is 0 Å². The van der Waals surface area contributed by atoms with E-state index in [1.807, 2.05) is 79.7 Å². The summed E-state index contributed by atoms with van der Waals surface area (Å²) >= 11 is 0. The number of benzene rings is 1. The highest BCUT2D eigenvalue weighted by Gasteiger charge is 2.51. The zero-order valence-corrected chi connectivity index (χ0v) is 16.6. The van der Waals surface area contributed by atoms with Crippen molar-refractivity contribution in [1.82, 2.24) is 5.32 Å². The molecule has 1 heterocycles. The molecule has 0 bridgehead atoms. The molecular weight excluding hydrogens is 317 g/mol. The van der Waals surface area contributed by atoms with Crippen LogP contribution in [0.1, 0.15) is 67.0 Å². The summed E-state index contributed by atoms with van der Waals surface area (Å²) in [5.74, 6) is 0. The third-order valence-corrected chi connectivity index (χ3v) is 4.67. The lowest BCUT2D eigenvalue weighted by molar-refractivity contribution is 0.00578. The second-order valence-corrected chi connectivity index (χ2v) is 8.63. The topological polar surface area (TPSA) is 56.8 Å². The molecular formula is C19H30BNO4. The van der Waals surface area contributed by atoms with Gasteiger partial charge in [-0.15, -0.1) is 0 Å². The smallest absolute Gasteiger partial charge is 0.444 e. The van der Waals surface area contributed by atoms with E-state index in [4.69, 9.17) is 14.0 Å². The summed E-state index contributed by atoms with van der Waals surface area (Å²) in [6.07, 6.45) is -0.430. The number of amides is 1. The zero-order valence-electron chi connectivity index (χ0n) is 16.6. The van der Waals surface area contributed by atoms with Gasteiger partial charge in [0.25, 0.3) is 0 Å². The van der Waals surface area contributed by atoms with E-state index in [0.717, 1.165) is 11.0 Å². The van der Waals surface area contributed by atoms with Crippen molar-refractivity contribution in [2.24, 2.45) is 0 Å². The number of carbonyl (C=O) groups is 1. The number of hydrogen-bond acceptors (Lipinski definition) is 4. The molecule has 1 aliphatic rings. The average molecular weight is 347 g/mol. The van der Waals surface area contributed by atoms with Crippen LogP contribution in [0.5, 0.6) is 0 Å². The molecule has 5 nitrogen and oxygen atoms in total. The number of ether oxygens (including phenoxy) is 1. The Labute approximate surface area is 151 Å². The van der Waals surface area contributed by atoms with Crippen molar-refractivity contribution < 1.29 is 18.8 Å². The summed E-state index contributed by atoms with van der Waals surface area (Å²) in [7, 11) is -0.418. The third kappa shape index (κ3) is 4.76. The number of nitrogens with one attached hydrogen (secondary N) is 1. The van der Waals surface area contributed by atoms with Gasteiger partial charge >= 0.3 is 13.2 Å². The van der Waals surface area contributed by atoms with Gasteiger partial charge in [0.2, 0.25) is 0 Å². The molecule has 0 radical (unpaired) electrons. The van der Waals surface area contributed by atoms with Crippen molar-refractivity contribution in [1.29, 1.82) is 0 Å². The Morgan fingerprint density at radius 1 is 1.16 bits per heavy atom. The number of alkyl carbamates (subject to hydrolysis) is 1. The van der Waals surface area contributed by atoms with Crippen LogP contribution >= 0.6 is 0 Å². The lowest BCUT2D eigenvalue weighted by Gasteiger charge is -2.32. The van der Waals surface area contributed by atoms with E-state index in [2.05, 4.69) is 5.32 Å². The van der Waals surface area contributed by atoms with Crippen LogP contribution in [0.25, 0.3) is 0 Å². The molecule has 0 aromatic heterocycles. The highest BCUT2D eigenvalue weighted by Crippen LogP contribution is 2.36. The molecule has 138 valence electrons. The molecule has 1 N–H and O–H groups in total. The van der Waals surface area contributed by atoms with Gasteiger partial charge in [-0.3, -0.25) is 0 Å². The second-order valence-electron chi connectivity index (χ2n) is 8.63. The van der Waals surface area contributed by atoms with Gasteiger partial charge in [0.1, 0.15) is 5.60 Å². The maximum atomic E-state index is 12.0. The number of rotatable bonds is 3. The maximum Gasteiger partial charge on any atom is 0.494 e. The van der Waals surface area contributed by atoms with Crippen LogP contribution in [0.2, 0.25) is 0 Å². The lowest BCUT2D eigenvalue weighted by atomic mass is 9.78. The molecule has 1 aliphatic heterocycles. The summed E-state index contributed by atoms with van der Waals surface area (Å²) in [6, 6.07) is 7.72. The standard InChI is InChI=1S/C19H30BNO4/c1-13(21-16(22)23-17(2,3)4)14-10-9-11-15(12-14)20-24-18(5,6)19(7,8)25-20/h9-13H,1-8H3,(H,21,22)/t13-/m0/s1. The van der Waals surface area contributed by atoms with Gasteiger partial charge < -0.3 is 19.4 Å². The molecule has 1 aromatic carbocycles. The Bertz CT molecular complexity index is 621. The van der Waals surface area contributed by atoms with E-state index >= 15 is 0 Å². The average Bonchev–Trinajstić information content (AvgIpc) is 2.65. The van der Waals surface area contributed by atoms with Crippen molar-refractivity contribution in [3.8, 4) is 0 Å². The lowest BCUT2D eigenvalue weighted by Crippen LogP contribution is -2.41. The summed E-state index contributed by atoms with van der Waals surface area (Å²) in [5.41, 5.74) is 0.628. The van der Waals surface area contributed by atoms with Gasteiger partial charge in [-0.2, -0.15) is 0 Å². The molecule has 2 rings (SSSR count). The van der Waals surface area contributed by atoms with Crippen LogP contribution in [0.15, 0.2) is 24.3 Å². The van der Waals surface area contributed by atoms with Crippen molar-refractivity contribution >= 4 is 18.7 Å². The molecule has 1 aromatic rings. The van der Waals surface area contributed by atoms with Crippen molar-refractivity contribution in [2.45, 2.75) is 78.2 Å². The Morgan fingerprint density at radius 3 is 2.24 bits per heavy atom. The number of carbonyl (C=O) groups excluding carboxylic acids is 1. The Kier molecular flexibility index (Phi) is 5.27. The highest BCUT2D eigenvalue weighted by molar-refractivity contribution is 6.62. The summed E-state index contributed by atoms with van der Waals surface area (Å²) in [4.78, 5) is 12.0. The van der Waals surface area contributed by atoms with Crippen LogP contribution in [0.3, 0.4) is 0 Å². The van der Waals surface area contributed by atoms with Crippen LogP contribution < -0.4 is 10.8 Å². The van der Waals surface area contributed by atoms with Crippen LogP contribution in [-0.2, 0) is 14.0 Å². The predicted octanol–water partition coefficient (Wildman–Crippen LogP) is 3.57. The number of hydrogen-bond donors (Lipinski definition) is 1. The molecule has 0 aliphatic carbocycles.